The van der Waals surface area contributed by atoms with Gasteiger partial charge < -0.3 is 19.5 Å². The fourth-order valence-corrected chi connectivity index (χ4v) is 4.94. The molecule has 7 heteroatoms. The predicted molar refractivity (Wildman–Crippen MR) is 153 cm³/mol. The van der Waals surface area contributed by atoms with E-state index >= 15 is 0 Å². The van der Waals surface area contributed by atoms with Crippen LogP contribution < -0.4 is 4.74 Å². The second kappa shape index (κ2) is 12.2. The number of carbonyl (C=O) groups is 3. The summed E-state index contributed by atoms with van der Waals surface area (Å²) in [5.41, 5.74) is 4.19. The molecule has 0 saturated carbocycles. The van der Waals surface area contributed by atoms with E-state index in [1.165, 1.54) is 4.90 Å². The normalized spacial score (nSPS) is 16.4. The third-order valence-corrected chi connectivity index (χ3v) is 7.00. The standard InChI is InChI=1S/C33H35NO6/c1-6-16-40-33(38)23-12-10-22(11-13-23)19-34-29(24-9-7-8-21(4)17-24)28(31(36)32(34)37)30(35)25-14-15-27(39-5)26(18-25)20(2)3/h7-15,17-18,20,29,35H,6,16,19H2,1-5H3/b30-28-. The van der Waals surface area contributed by atoms with Crippen molar-refractivity contribution >= 4 is 23.4 Å². The average Bonchev–Trinajstić information content (AvgIpc) is 3.20. The number of ketones is 1. The van der Waals surface area contributed by atoms with Gasteiger partial charge in [-0.2, -0.15) is 0 Å². The van der Waals surface area contributed by atoms with Crippen LogP contribution in [0.4, 0.5) is 0 Å². The minimum Gasteiger partial charge on any atom is -0.507 e. The lowest BCUT2D eigenvalue weighted by molar-refractivity contribution is -0.140. The summed E-state index contributed by atoms with van der Waals surface area (Å²) in [6, 6.07) is 18.8. The summed E-state index contributed by atoms with van der Waals surface area (Å²) in [7, 11) is 1.59. The van der Waals surface area contributed by atoms with Gasteiger partial charge in [0.25, 0.3) is 11.7 Å². The number of Topliss-reactive ketones (excluding diaryl/α,β-unsaturated/α-hetero) is 1. The number of aliphatic hydroxyl groups is 1. The monoisotopic (exact) mass is 541 g/mol. The fraction of sp³-hybridized carbons (Fsp3) is 0.303. The van der Waals surface area contributed by atoms with Gasteiger partial charge >= 0.3 is 5.97 Å². The van der Waals surface area contributed by atoms with E-state index in [1.807, 2.05) is 52.0 Å². The van der Waals surface area contributed by atoms with Crippen molar-refractivity contribution in [3.63, 3.8) is 0 Å². The molecule has 0 spiro atoms. The first-order valence-electron chi connectivity index (χ1n) is 13.5. The quantitative estimate of drug-likeness (QED) is 0.148. The van der Waals surface area contributed by atoms with E-state index < -0.39 is 23.7 Å². The van der Waals surface area contributed by atoms with Crippen LogP contribution in [0.2, 0.25) is 0 Å². The molecule has 7 nitrogen and oxygen atoms in total. The van der Waals surface area contributed by atoms with Crippen molar-refractivity contribution in [3.05, 3.63) is 106 Å². The molecule has 1 atom stereocenters. The van der Waals surface area contributed by atoms with Crippen molar-refractivity contribution < 1.29 is 29.0 Å². The summed E-state index contributed by atoms with van der Waals surface area (Å²) < 4.78 is 10.7. The maximum Gasteiger partial charge on any atom is 0.338 e. The summed E-state index contributed by atoms with van der Waals surface area (Å²) in [6.07, 6.45) is 0.729. The molecule has 1 N–H and O–H groups in total. The molecule has 1 aliphatic rings. The van der Waals surface area contributed by atoms with Gasteiger partial charge in [-0.25, -0.2) is 4.79 Å². The Kier molecular flexibility index (Phi) is 8.73. The van der Waals surface area contributed by atoms with Crippen molar-refractivity contribution in [3.8, 4) is 5.75 Å². The Labute approximate surface area is 235 Å². The molecule has 0 bridgehead atoms. The number of ether oxygens (including phenoxy) is 2. The molecule has 3 aromatic rings. The number of aliphatic hydroxyl groups excluding tert-OH is 1. The smallest absolute Gasteiger partial charge is 0.338 e. The highest BCUT2D eigenvalue weighted by Crippen LogP contribution is 2.41. The van der Waals surface area contributed by atoms with E-state index in [9.17, 15) is 19.5 Å². The van der Waals surface area contributed by atoms with E-state index in [1.54, 1.807) is 49.6 Å². The van der Waals surface area contributed by atoms with Gasteiger partial charge in [-0.15, -0.1) is 0 Å². The molecule has 1 aliphatic heterocycles. The van der Waals surface area contributed by atoms with Crippen molar-refractivity contribution in [2.75, 3.05) is 13.7 Å². The topological polar surface area (TPSA) is 93.1 Å². The summed E-state index contributed by atoms with van der Waals surface area (Å²) in [4.78, 5) is 40.6. The first kappa shape index (κ1) is 28.6. The Morgan fingerprint density at radius 2 is 1.70 bits per heavy atom. The first-order valence-corrected chi connectivity index (χ1v) is 13.5. The maximum absolute atomic E-state index is 13.5. The average molecular weight is 542 g/mol. The lowest BCUT2D eigenvalue weighted by atomic mass is 9.92. The Morgan fingerprint density at radius 3 is 2.33 bits per heavy atom. The van der Waals surface area contributed by atoms with Crippen LogP contribution >= 0.6 is 0 Å². The number of esters is 1. The van der Waals surface area contributed by atoms with Crippen LogP contribution in [0.25, 0.3) is 5.76 Å². The molecule has 40 heavy (non-hydrogen) atoms. The van der Waals surface area contributed by atoms with Crippen LogP contribution in [-0.4, -0.2) is 41.4 Å². The number of likely N-dealkylation sites (tertiary alicyclic amines) is 1. The number of rotatable bonds is 9. The van der Waals surface area contributed by atoms with Crippen molar-refractivity contribution in [2.45, 2.75) is 52.6 Å². The predicted octanol–water partition coefficient (Wildman–Crippen LogP) is 6.32. The van der Waals surface area contributed by atoms with Gasteiger partial charge in [0.15, 0.2) is 0 Å². The van der Waals surface area contributed by atoms with Gasteiger partial charge in [0.05, 0.1) is 30.9 Å². The summed E-state index contributed by atoms with van der Waals surface area (Å²) in [5, 5.41) is 11.5. The van der Waals surface area contributed by atoms with Crippen LogP contribution in [0.1, 0.15) is 77.3 Å². The minimum atomic E-state index is -0.793. The molecular weight excluding hydrogens is 506 g/mol. The highest BCUT2D eigenvalue weighted by atomic mass is 16.5. The largest absolute Gasteiger partial charge is 0.507 e. The highest BCUT2D eigenvalue weighted by molar-refractivity contribution is 6.46. The summed E-state index contributed by atoms with van der Waals surface area (Å²) >= 11 is 0. The van der Waals surface area contributed by atoms with E-state index in [0.29, 0.717) is 23.5 Å². The van der Waals surface area contributed by atoms with Crippen LogP contribution in [0, 0.1) is 6.92 Å². The number of hydrogen-bond donors (Lipinski definition) is 1. The second-order valence-corrected chi connectivity index (χ2v) is 10.3. The molecule has 1 saturated heterocycles. The fourth-order valence-electron chi connectivity index (χ4n) is 4.94. The maximum atomic E-state index is 13.5. The zero-order chi connectivity index (χ0) is 29.0. The zero-order valence-corrected chi connectivity index (χ0v) is 23.6. The molecule has 1 amide bonds. The van der Waals surface area contributed by atoms with Crippen molar-refractivity contribution in [2.24, 2.45) is 0 Å². The highest BCUT2D eigenvalue weighted by Gasteiger charge is 2.46. The zero-order valence-electron chi connectivity index (χ0n) is 23.6. The number of nitrogens with zero attached hydrogens (tertiary/aromatic N) is 1. The van der Waals surface area contributed by atoms with Gasteiger partial charge in [-0.05, 0) is 66.3 Å². The number of carbonyl (C=O) groups excluding carboxylic acids is 3. The third kappa shape index (κ3) is 5.78. The van der Waals surface area contributed by atoms with Gasteiger partial charge in [-0.1, -0.05) is 62.7 Å². The van der Waals surface area contributed by atoms with Gasteiger partial charge in [0.2, 0.25) is 0 Å². The number of methoxy groups -OCH3 is 1. The second-order valence-electron chi connectivity index (χ2n) is 10.3. The molecule has 1 unspecified atom stereocenters. The molecule has 1 fully saturated rings. The van der Waals surface area contributed by atoms with Crippen LogP contribution in [0.3, 0.4) is 0 Å². The molecule has 208 valence electrons. The van der Waals surface area contributed by atoms with E-state index in [2.05, 4.69) is 0 Å². The van der Waals surface area contributed by atoms with E-state index in [4.69, 9.17) is 9.47 Å². The van der Waals surface area contributed by atoms with Crippen molar-refractivity contribution in [1.29, 1.82) is 0 Å². The molecule has 0 aliphatic carbocycles. The molecular formula is C33H35NO6. The Morgan fingerprint density at radius 1 is 1.00 bits per heavy atom. The summed E-state index contributed by atoms with van der Waals surface area (Å²) in [6.45, 7) is 8.35. The molecule has 0 aromatic heterocycles. The molecule has 0 radical (unpaired) electrons. The molecule has 4 rings (SSSR count). The lowest BCUT2D eigenvalue weighted by Gasteiger charge is -2.26. The lowest BCUT2D eigenvalue weighted by Crippen LogP contribution is -2.29. The number of aryl methyl sites for hydroxylation is 1. The van der Waals surface area contributed by atoms with Gasteiger partial charge in [-0.3, -0.25) is 9.59 Å². The van der Waals surface area contributed by atoms with Crippen LogP contribution in [0.5, 0.6) is 5.75 Å². The molecule has 1 heterocycles. The first-order chi connectivity index (χ1) is 19.2. The number of hydrogen-bond acceptors (Lipinski definition) is 6. The summed E-state index contributed by atoms with van der Waals surface area (Å²) in [5.74, 6) is -1.29. The Hall–Kier alpha value is -4.39. The third-order valence-electron chi connectivity index (χ3n) is 7.00. The van der Waals surface area contributed by atoms with E-state index in [-0.39, 0.29) is 23.8 Å². The Balaban J connectivity index is 1.77. The Bertz CT molecular complexity index is 1450. The van der Waals surface area contributed by atoms with Gasteiger partial charge in [0.1, 0.15) is 11.5 Å². The van der Waals surface area contributed by atoms with E-state index in [0.717, 1.165) is 28.7 Å². The van der Waals surface area contributed by atoms with Crippen molar-refractivity contribution in [1.82, 2.24) is 4.90 Å². The molecule has 3 aromatic carbocycles. The SMILES string of the molecule is CCCOC(=O)c1ccc(CN2C(=O)C(=O)/C(=C(\O)c3ccc(OC)c(C(C)C)c3)C2c2cccc(C)c2)cc1. The number of benzene rings is 3. The van der Waals surface area contributed by atoms with Crippen LogP contribution in [0.15, 0.2) is 72.3 Å². The van der Waals surface area contributed by atoms with Gasteiger partial charge in [0, 0.05) is 12.1 Å². The minimum absolute atomic E-state index is 0.0373. The van der Waals surface area contributed by atoms with Crippen LogP contribution in [-0.2, 0) is 20.9 Å². The number of amides is 1.